The summed E-state index contributed by atoms with van der Waals surface area (Å²) in [6.07, 6.45) is -2.85. The van der Waals surface area contributed by atoms with Gasteiger partial charge in [-0.1, -0.05) is 35.9 Å². The van der Waals surface area contributed by atoms with Crippen molar-refractivity contribution in [3.63, 3.8) is 0 Å². The molecule has 0 aliphatic heterocycles. The van der Waals surface area contributed by atoms with E-state index < -0.39 is 62.5 Å². The highest BCUT2D eigenvalue weighted by molar-refractivity contribution is 7.93. The minimum atomic E-state index is -4.90. The normalized spacial score (nSPS) is 14.2. The first-order valence-electron chi connectivity index (χ1n) is 8.95. The first-order chi connectivity index (χ1) is 14.7. The zero-order chi connectivity index (χ0) is 24.3. The van der Waals surface area contributed by atoms with Crippen molar-refractivity contribution < 1.29 is 35.2 Å². The van der Waals surface area contributed by atoms with Gasteiger partial charge in [-0.2, -0.15) is 13.2 Å². The van der Waals surface area contributed by atoms with Crippen LogP contribution in [0.4, 0.5) is 27.6 Å². The van der Waals surface area contributed by atoms with Crippen LogP contribution in [0, 0.1) is 11.6 Å². The second-order valence-corrected chi connectivity index (χ2v) is 9.21. The molecule has 32 heavy (non-hydrogen) atoms. The summed E-state index contributed by atoms with van der Waals surface area (Å²) < 4.78 is 91.8. The predicted octanol–water partition coefficient (Wildman–Crippen LogP) is 5.01. The zero-order valence-electron chi connectivity index (χ0n) is 16.7. The molecule has 1 amide bonds. The van der Waals surface area contributed by atoms with Gasteiger partial charge in [-0.15, -0.1) is 0 Å². The Morgan fingerprint density at radius 3 is 2.31 bits per heavy atom. The number of alkyl halides is 3. The van der Waals surface area contributed by atoms with E-state index in [2.05, 4.69) is 5.32 Å². The molecule has 2 atom stereocenters. The monoisotopic (exact) mass is 496 g/mol. The van der Waals surface area contributed by atoms with Crippen LogP contribution in [0.3, 0.4) is 0 Å². The van der Waals surface area contributed by atoms with Gasteiger partial charge < -0.3 is 10.6 Å². The Kier molecular flexibility index (Phi) is 7.89. The number of carbonyl (C=O) groups is 1. The maximum atomic E-state index is 14.5. The molecular weight excluding hydrogens is 479 g/mol. The molecule has 0 aliphatic carbocycles. The number of sulfone groups is 1. The fourth-order valence-corrected chi connectivity index (χ4v) is 3.39. The van der Waals surface area contributed by atoms with Crippen LogP contribution >= 0.6 is 11.6 Å². The van der Waals surface area contributed by atoms with Crippen LogP contribution in [0.25, 0.3) is 0 Å². The number of amides is 1. The molecule has 2 aromatic carbocycles. The maximum absolute atomic E-state index is 14.5. The van der Waals surface area contributed by atoms with Crippen molar-refractivity contribution in [2.24, 2.45) is 0 Å². The van der Waals surface area contributed by atoms with E-state index in [0.29, 0.717) is 12.1 Å². The van der Waals surface area contributed by atoms with Crippen molar-refractivity contribution >= 4 is 33.0 Å². The Hall–Kier alpha value is -2.66. The lowest BCUT2D eigenvalue weighted by Crippen LogP contribution is -2.32. The second-order valence-electron chi connectivity index (χ2n) is 6.87. The molecule has 0 radical (unpaired) electrons. The largest absolute Gasteiger partial charge is 0.412 e. The standard InChI is InChI=1S/C20H18ClF5N2O3S/c1-11(7-8-32(2,30)31)27-19(29)13-9-16(23)17(10-15(13)22)28-18(20(24,25)26)12-5-3-4-6-14(12)21/h3-11,18,28H,1-2H3,(H,27,29)/b8-7+/t11-,18+/m1/s1. The van der Waals surface area contributed by atoms with Gasteiger partial charge in [0.05, 0.1) is 11.3 Å². The Balaban J connectivity index is 2.31. The molecular formula is C20H18ClF5N2O3S. The first-order valence-corrected chi connectivity index (χ1v) is 11.3. The van der Waals surface area contributed by atoms with E-state index in [-0.39, 0.29) is 5.02 Å². The molecule has 0 unspecified atom stereocenters. The lowest BCUT2D eigenvalue weighted by atomic mass is 10.1. The zero-order valence-corrected chi connectivity index (χ0v) is 18.2. The van der Waals surface area contributed by atoms with Gasteiger partial charge in [-0.25, -0.2) is 17.2 Å². The van der Waals surface area contributed by atoms with Crippen LogP contribution in [0.2, 0.25) is 5.02 Å². The van der Waals surface area contributed by atoms with Gasteiger partial charge in [0.25, 0.3) is 5.91 Å². The Morgan fingerprint density at radius 2 is 1.75 bits per heavy atom. The van der Waals surface area contributed by atoms with Crippen molar-refractivity contribution in [1.82, 2.24) is 5.32 Å². The highest BCUT2D eigenvalue weighted by Crippen LogP contribution is 2.39. The molecule has 0 aromatic heterocycles. The molecule has 5 nitrogen and oxygen atoms in total. The number of rotatable bonds is 7. The van der Waals surface area contributed by atoms with E-state index in [0.717, 1.165) is 23.8 Å². The molecule has 0 spiro atoms. The fourth-order valence-electron chi connectivity index (χ4n) is 2.63. The van der Waals surface area contributed by atoms with Crippen LogP contribution < -0.4 is 10.6 Å². The van der Waals surface area contributed by atoms with Crippen LogP contribution in [0.5, 0.6) is 0 Å². The summed E-state index contributed by atoms with van der Waals surface area (Å²) in [5.41, 5.74) is -1.99. The summed E-state index contributed by atoms with van der Waals surface area (Å²) >= 11 is 5.83. The van der Waals surface area contributed by atoms with E-state index in [4.69, 9.17) is 11.6 Å². The number of anilines is 1. The maximum Gasteiger partial charge on any atom is 0.412 e. The van der Waals surface area contributed by atoms with Crippen LogP contribution in [0.15, 0.2) is 47.9 Å². The summed E-state index contributed by atoms with van der Waals surface area (Å²) in [6.45, 7) is 1.39. The number of nitrogens with one attached hydrogen (secondary N) is 2. The predicted molar refractivity (Wildman–Crippen MR) is 111 cm³/mol. The average Bonchev–Trinajstić information content (AvgIpc) is 2.66. The molecule has 0 saturated carbocycles. The summed E-state index contributed by atoms with van der Waals surface area (Å²) in [5.74, 6) is -3.68. The third-order valence-electron chi connectivity index (χ3n) is 4.12. The van der Waals surface area contributed by atoms with Crippen molar-refractivity contribution in [2.45, 2.75) is 25.2 Å². The SMILES string of the molecule is C[C@H](/C=C/S(C)(=O)=O)NC(=O)c1cc(F)c(N[C@@H](c2ccccc2Cl)C(F)(F)F)cc1F. The molecule has 2 aromatic rings. The number of hydrogen-bond donors (Lipinski definition) is 2. The Bertz CT molecular complexity index is 1140. The third-order valence-corrected chi connectivity index (χ3v) is 5.11. The van der Waals surface area contributed by atoms with Gasteiger partial charge >= 0.3 is 6.18 Å². The van der Waals surface area contributed by atoms with Gasteiger partial charge in [-0.05, 0) is 19.1 Å². The molecule has 0 heterocycles. The summed E-state index contributed by atoms with van der Waals surface area (Å²) in [7, 11) is -3.47. The molecule has 0 saturated heterocycles. The number of halogens is 6. The molecule has 0 aliphatic rings. The van der Waals surface area contributed by atoms with E-state index in [1.807, 2.05) is 5.32 Å². The van der Waals surface area contributed by atoms with Crippen LogP contribution in [-0.4, -0.2) is 32.8 Å². The van der Waals surface area contributed by atoms with Gasteiger partial charge in [0.15, 0.2) is 9.84 Å². The van der Waals surface area contributed by atoms with Crippen molar-refractivity contribution in [3.05, 3.63) is 75.7 Å². The highest BCUT2D eigenvalue weighted by atomic mass is 35.5. The van der Waals surface area contributed by atoms with Gasteiger partial charge in [0, 0.05) is 34.4 Å². The van der Waals surface area contributed by atoms with E-state index >= 15 is 0 Å². The van der Waals surface area contributed by atoms with Crippen LogP contribution in [-0.2, 0) is 9.84 Å². The van der Waals surface area contributed by atoms with Gasteiger partial charge in [0.1, 0.15) is 17.7 Å². The fraction of sp³-hybridized carbons (Fsp3) is 0.250. The van der Waals surface area contributed by atoms with E-state index in [9.17, 15) is 35.2 Å². The summed E-state index contributed by atoms with van der Waals surface area (Å²) in [6, 6.07) is 2.62. The lowest BCUT2D eigenvalue weighted by molar-refractivity contribution is -0.144. The van der Waals surface area contributed by atoms with Crippen molar-refractivity contribution in [2.75, 3.05) is 11.6 Å². The molecule has 0 bridgehead atoms. The minimum Gasteiger partial charge on any atom is -0.368 e. The minimum absolute atomic E-state index is 0.227. The summed E-state index contributed by atoms with van der Waals surface area (Å²) in [4.78, 5) is 12.2. The molecule has 12 heteroatoms. The number of hydrogen-bond acceptors (Lipinski definition) is 4. The van der Waals surface area contributed by atoms with E-state index in [1.54, 1.807) is 0 Å². The van der Waals surface area contributed by atoms with E-state index in [1.165, 1.54) is 25.1 Å². The summed E-state index contributed by atoms with van der Waals surface area (Å²) in [5, 5.41) is 4.74. The van der Waals surface area contributed by atoms with Crippen molar-refractivity contribution in [1.29, 1.82) is 0 Å². The van der Waals surface area contributed by atoms with Gasteiger partial charge in [0.2, 0.25) is 0 Å². The Morgan fingerprint density at radius 1 is 1.12 bits per heavy atom. The van der Waals surface area contributed by atoms with Gasteiger partial charge in [-0.3, -0.25) is 4.79 Å². The Labute approximate surface area is 186 Å². The quantitative estimate of drug-likeness (QED) is 0.528. The number of benzene rings is 2. The second kappa shape index (κ2) is 9.86. The lowest BCUT2D eigenvalue weighted by Gasteiger charge is -2.24. The van der Waals surface area contributed by atoms with Crippen molar-refractivity contribution in [3.8, 4) is 0 Å². The molecule has 174 valence electrons. The molecule has 2 rings (SSSR count). The smallest absolute Gasteiger partial charge is 0.368 e. The van der Waals surface area contributed by atoms with Crippen LogP contribution in [0.1, 0.15) is 28.9 Å². The molecule has 0 fully saturated rings. The molecule has 2 N–H and O–H groups in total. The third kappa shape index (κ3) is 6.92. The first kappa shape index (κ1) is 25.6. The topological polar surface area (TPSA) is 75.3 Å². The number of carbonyl (C=O) groups excluding carboxylic acids is 1. The highest BCUT2D eigenvalue weighted by Gasteiger charge is 2.42. The average molecular weight is 497 g/mol.